The van der Waals surface area contributed by atoms with Crippen molar-refractivity contribution in [1.29, 1.82) is 0 Å². The molecule has 0 unspecified atom stereocenters. The summed E-state index contributed by atoms with van der Waals surface area (Å²) in [5, 5.41) is 4.12. The van der Waals surface area contributed by atoms with Gasteiger partial charge in [-0.3, -0.25) is 0 Å². The first kappa shape index (κ1) is 15.7. The summed E-state index contributed by atoms with van der Waals surface area (Å²) in [5.41, 5.74) is 0.868. The van der Waals surface area contributed by atoms with Crippen molar-refractivity contribution >= 4 is 0 Å². The van der Waals surface area contributed by atoms with E-state index >= 15 is 0 Å². The van der Waals surface area contributed by atoms with E-state index in [1.54, 1.807) is 23.1 Å². The van der Waals surface area contributed by atoms with Gasteiger partial charge in [0.15, 0.2) is 0 Å². The van der Waals surface area contributed by atoms with E-state index in [0.717, 1.165) is 5.56 Å². The topological polar surface area (TPSA) is 58.4 Å². The molecule has 2 heterocycles. The standard InChI is InChI=1S/C18H16FN3O3/c19-15-3-7-17(8-4-15)25-16-5-1-14(2-6-16)18(23-9-10-24-18)11-22-13-20-12-21-22/h1-8,12-13H,9-11H2. The fourth-order valence-electron chi connectivity index (χ4n) is 2.75. The minimum atomic E-state index is -0.887. The zero-order valence-electron chi connectivity index (χ0n) is 13.3. The Labute approximate surface area is 143 Å². The summed E-state index contributed by atoms with van der Waals surface area (Å²) in [5.74, 6) is 0.0274. The van der Waals surface area contributed by atoms with Crippen LogP contribution in [0.15, 0.2) is 61.2 Å². The maximum Gasteiger partial charge on any atom is 0.215 e. The summed E-state index contributed by atoms with van der Waals surface area (Å²) >= 11 is 0. The van der Waals surface area contributed by atoms with Crippen LogP contribution in [0.1, 0.15) is 5.56 Å². The van der Waals surface area contributed by atoms with Gasteiger partial charge in [0, 0.05) is 5.56 Å². The molecule has 1 aromatic heterocycles. The number of benzene rings is 2. The molecule has 2 aromatic carbocycles. The largest absolute Gasteiger partial charge is 0.457 e. The van der Waals surface area contributed by atoms with E-state index < -0.39 is 5.79 Å². The highest BCUT2D eigenvalue weighted by Crippen LogP contribution is 2.34. The Morgan fingerprint density at radius 3 is 2.24 bits per heavy atom. The highest BCUT2D eigenvalue weighted by atomic mass is 19.1. The van der Waals surface area contributed by atoms with Gasteiger partial charge in [-0.25, -0.2) is 14.1 Å². The number of ether oxygens (including phenoxy) is 3. The van der Waals surface area contributed by atoms with Crippen LogP contribution >= 0.6 is 0 Å². The predicted octanol–water partition coefficient (Wildman–Crippen LogP) is 3.11. The second kappa shape index (κ2) is 6.62. The number of hydrogen-bond acceptors (Lipinski definition) is 5. The first-order valence-corrected chi connectivity index (χ1v) is 7.88. The molecule has 3 aromatic rings. The van der Waals surface area contributed by atoms with Gasteiger partial charge < -0.3 is 14.2 Å². The van der Waals surface area contributed by atoms with Crippen LogP contribution in [-0.2, 0) is 21.8 Å². The molecule has 0 amide bonds. The van der Waals surface area contributed by atoms with E-state index in [2.05, 4.69) is 10.1 Å². The lowest BCUT2D eigenvalue weighted by Gasteiger charge is -2.27. The molecular weight excluding hydrogens is 325 g/mol. The maximum absolute atomic E-state index is 13.0. The number of halogens is 1. The minimum Gasteiger partial charge on any atom is -0.457 e. The molecule has 0 spiro atoms. The average molecular weight is 341 g/mol. The molecule has 7 heteroatoms. The monoisotopic (exact) mass is 341 g/mol. The first-order chi connectivity index (χ1) is 12.2. The normalized spacial score (nSPS) is 16.0. The Bertz CT molecular complexity index is 814. The smallest absolute Gasteiger partial charge is 0.215 e. The van der Waals surface area contributed by atoms with Gasteiger partial charge in [-0.2, -0.15) is 5.10 Å². The van der Waals surface area contributed by atoms with Gasteiger partial charge in [-0.05, 0) is 48.5 Å². The molecule has 1 fully saturated rings. The van der Waals surface area contributed by atoms with E-state index in [9.17, 15) is 4.39 Å². The summed E-state index contributed by atoms with van der Waals surface area (Å²) in [7, 11) is 0. The van der Waals surface area contributed by atoms with Gasteiger partial charge in [0.1, 0.15) is 36.5 Å². The fourth-order valence-corrected chi connectivity index (χ4v) is 2.75. The van der Waals surface area contributed by atoms with Gasteiger partial charge in [0.25, 0.3) is 0 Å². The fraction of sp³-hybridized carbons (Fsp3) is 0.222. The summed E-state index contributed by atoms with van der Waals surface area (Å²) in [4.78, 5) is 3.95. The highest BCUT2D eigenvalue weighted by molar-refractivity contribution is 5.34. The zero-order valence-corrected chi connectivity index (χ0v) is 13.3. The Hall–Kier alpha value is -2.77. The minimum absolute atomic E-state index is 0.298. The van der Waals surface area contributed by atoms with Gasteiger partial charge >= 0.3 is 0 Å². The number of nitrogens with zero attached hydrogens (tertiary/aromatic N) is 3. The van der Waals surface area contributed by atoms with Crippen LogP contribution in [0.25, 0.3) is 0 Å². The van der Waals surface area contributed by atoms with Crippen molar-refractivity contribution in [3.8, 4) is 11.5 Å². The van der Waals surface area contributed by atoms with Crippen LogP contribution in [0.4, 0.5) is 4.39 Å². The number of aromatic nitrogens is 3. The summed E-state index contributed by atoms with van der Waals surface area (Å²) in [6.45, 7) is 1.44. The highest BCUT2D eigenvalue weighted by Gasteiger charge is 2.39. The Morgan fingerprint density at radius 2 is 1.64 bits per heavy atom. The predicted molar refractivity (Wildman–Crippen MR) is 86.5 cm³/mol. The molecule has 0 N–H and O–H groups in total. The number of rotatable bonds is 5. The molecule has 0 bridgehead atoms. The molecule has 128 valence electrons. The van der Waals surface area contributed by atoms with Crippen molar-refractivity contribution in [2.75, 3.05) is 13.2 Å². The van der Waals surface area contributed by atoms with Gasteiger partial charge in [-0.15, -0.1) is 0 Å². The Balaban J connectivity index is 1.54. The first-order valence-electron chi connectivity index (χ1n) is 7.88. The van der Waals surface area contributed by atoms with Crippen molar-refractivity contribution in [2.45, 2.75) is 12.3 Å². The summed E-state index contributed by atoms with van der Waals surface area (Å²) in [6.07, 6.45) is 3.10. The third kappa shape index (κ3) is 3.38. The van der Waals surface area contributed by atoms with Crippen molar-refractivity contribution in [1.82, 2.24) is 14.8 Å². The van der Waals surface area contributed by atoms with Crippen LogP contribution in [0.5, 0.6) is 11.5 Å². The van der Waals surface area contributed by atoms with Gasteiger partial charge in [0.2, 0.25) is 5.79 Å². The molecule has 25 heavy (non-hydrogen) atoms. The molecule has 0 aliphatic carbocycles. The molecule has 0 atom stereocenters. The van der Waals surface area contributed by atoms with E-state index in [1.807, 2.05) is 24.3 Å². The molecule has 1 saturated heterocycles. The molecule has 0 radical (unpaired) electrons. The van der Waals surface area contributed by atoms with Gasteiger partial charge in [0.05, 0.1) is 13.2 Å². The average Bonchev–Trinajstić information content (AvgIpc) is 3.31. The van der Waals surface area contributed by atoms with Gasteiger partial charge in [-0.1, -0.05) is 0 Å². The molecule has 1 aliphatic heterocycles. The van der Waals surface area contributed by atoms with Crippen LogP contribution in [0.2, 0.25) is 0 Å². The Morgan fingerprint density at radius 1 is 1.00 bits per heavy atom. The third-order valence-corrected chi connectivity index (χ3v) is 3.93. The molecule has 0 saturated carbocycles. The van der Waals surface area contributed by atoms with Crippen molar-refractivity contribution in [3.63, 3.8) is 0 Å². The SMILES string of the molecule is Fc1ccc(Oc2ccc(C3(Cn4cncn4)OCCO3)cc2)cc1. The van der Waals surface area contributed by atoms with Crippen LogP contribution in [-0.4, -0.2) is 28.0 Å². The quantitative estimate of drug-likeness (QED) is 0.714. The second-order valence-electron chi connectivity index (χ2n) is 5.62. The van der Waals surface area contributed by atoms with Crippen LogP contribution in [0.3, 0.4) is 0 Å². The Kier molecular flexibility index (Phi) is 4.17. The summed E-state index contributed by atoms with van der Waals surface area (Å²) in [6, 6.07) is 13.3. The molecule has 4 rings (SSSR count). The lowest BCUT2D eigenvalue weighted by Crippen LogP contribution is -2.33. The summed E-state index contributed by atoms with van der Waals surface area (Å²) < 4.78 is 32.1. The van der Waals surface area contributed by atoms with Crippen molar-refractivity contribution in [2.24, 2.45) is 0 Å². The lowest BCUT2D eigenvalue weighted by molar-refractivity contribution is -0.177. The van der Waals surface area contributed by atoms with Crippen molar-refractivity contribution in [3.05, 3.63) is 72.6 Å². The van der Waals surface area contributed by atoms with E-state index in [1.165, 1.54) is 18.5 Å². The van der Waals surface area contributed by atoms with E-state index in [0.29, 0.717) is 31.3 Å². The van der Waals surface area contributed by atoms with Crippen LogP contribution in [0, 0.1) is 5.82 Å². The maximum atomic E-state index is 13.0. The molecule has 1 aliphatic rings. The lowest BCUT2D eigenvalue weighted by atomic mass is 10.1. The van der Waals surface area contributed by atoms with Crippen molar-refractivity contribution < 1.29 is 18.6 Å². The zero-order chi connectivity index (χ0) is 17.1. The number of hydrogen-bond donors (Lipinski definition) is 0. The second-order valence-corrected chi connectivity index (χ2v) is 5.62. The van der Waals surface area contributed by atoms with E-state index in [4.69, 9.17) is 14.2 Å². The third-order valence-electron chi connectivity index (χ3n) is 3.93. The molecular formula is C18H16FN3O3. The van der Waals surface area contributed by atoms with Crippen LogP contribution < -0.4 is 4.74 Å². The molecule has 6 nitrogen and oxygen atoms in total. The van der Waals surface area contributed by atoms with E-state index in [-0.39, 0.29) is 5.82 Å².